The molecule has 2 saturated heterocycles. The zero-order valence-corrected chi connectivity index (χ0v) is 13.2. The summed E-state index contributed by atoms with van der Waals surface area (Å²) in [6.07, 6.45) is 2.81. The maximum atomic E-state index is 2.75. The van der Waals surface area contributed by atoms with Crippen molar-refractivity contribution in [1.82, 2.24) is 9.80 Å². The first kappa shape index (κ1) is 13.6. The molecular weight excluding hydrogens is 252 g/mol. The summed E-state index contributed by atoms with van der Waals surface area (Å²) in [6, 6.07) is 6.14. The van der Waals surface area contributed by atoms with Gasteiger partial charge in [-0.05, 0) is 44.4 Å². The van der Waals surface area contributed by atoms with Crippen molar-refractivity contribution >= 4 is 11.3 Å². The lowest BCUT2D eigenvalue weighted by molar-refractivity contribution is 0.0246. The molecule has 0 aromatic carbocycles. The zero-order valence-electron chi connectivity index (χ0n) is 12.4. The van der Waals surface area contributed by atoms with Gasteiger partial charge in [0.2, 0.25) is 0 Å². The van der Waals surface area contributed by atoms with Gasteiger partial charge in [0.25, 0.3) is 0 Å². The minimum Gasteiger partial charge on any atom is -0.298 e. The molecule has 19 heavy (non-hydrogen) atoms. The van der Waals surface area contributed by atoms with E-state index in [0.29, 0.717) is 0 Å². The average Bonchev–Trinajstić information content (AvgIpc) is 2.96. The van der Waals surface area contributed by atoms with Crippen molar-refractivity contribution in [3.63, 3.8) is 0 Å². The van der Waals surface area contributed by atoms with Gasteiger partial charge in [0.05, 0.1) is 0 Å². The lowest BCUT2D eigenvalue weighted by Gasteiger charge is -2.45. The normalized spacial score (nSPS) is 29.1. The van der Waals surface area contributed by atoms with Gasteiger partial charge in [-0.15, -0.1) is 11.3 Å². The summed E-state index contributed by atoms with van der Waals surface area (Å²) in [5.41, 5.74) is 0. The second-order valence-electron chi connectivity index (χ2n) is 6.54. The molecule has 0 N–H and O–H groups in total. The summed E-state index contributed by atoms with van der Waals surface area (Å²) in [7, 11) is 0. The summed E-state index contributed by atoms with van der Waals surface area (Å²) in [6.45, 7) is 12.0. The van der Waals surface area contributed by atoms with E-state index in [1.807, 2.05) is 11.3 Å². The van der Waals surface area contributed by atoms with Gasteiger partial charge in [-0.1, -0.05) is 13.8 Å². The van der Waals surface area contributed by atoms with E-state index in [1.54, 1.807) is 0 Å². The average molecular weight is 278 g/mol. The van der Waals surface area contributed by atoms with Crippen LogP contribution in [-0.2, 0) is 6.54 Å². The minimum atomic E-state index is 0.733. The Kier molecular flexibility index (Phi) is 3.97. The number of fused-ring (bicyclic) bond motifs is 1. The fraction of sp³-hybridized carbons (Fsp3) is 0.750. The Bertz CT molecular complexity index is 426. The van der Waals surface area contributed by atoms with Crippen molar-refractivity contribution < 1.29 is 0 Å². The standard InChI is InChI=1S/C16H26N2S/c1-12(2)16-11-17-8-4-5-14(17)9-18(16)10-15-7-6-13(3)19-15/h6-7,12,14,16H,4-5,8-11H2,1-3H3. The molecule has 0 radical (unpaired) electrons. The third kappa shape index (κ3) is 2.88. The monoisotopic (exact) mass is 278 g/mol. The molecular formula is C16H26N2S. The van der Waals surface area contributed by atoms with Crippen LogP contribution in [0.2, 0.25) is 0 Å². The second-order valence-corrected chi connectivity index (χ2v) is 7.92. The fourth-order valence-electron chi connectivity index (χ4n) is 3.69. The van der Waals surface area contributed by atoms with Crippen LogP contribution in [0.1, 0.15) is 36.4 Å². The molecule has 2 unspecified atom stereocenters. The first-order valence-corrected chi connectivity index (χ1v) is 8.48. The Balaban J connectivity index is 1.73. The third-order valence-corrected chi connectivity index (χ3v) is 5.74. The van der Waals surface area contributed by atoms with Crippen molar-refractivity contribution in [2.75, 3.05) is 19.6 Å². The Morgan fingerprint density at radius 3 is 2.84 bits per heavy atom. The Morgan fingerprint density at radius 2 is 2.16 bits per heavy atom. The third-order valence-electron chi connectivity index (χ3n) is 4.76. The molecule has 2 aliphatic rings. The number of hydrogen-bond acceptors (Lipinski definition) is 3. The van der Waals surface area contributed by atoms with Crippen molar-refractivity contribution in [3.8, 4) is 0 Å². The molecule has 1 aromatic heterocycles. The van der Waals surface area contributed by atoms with E-state index in [1.165, 1.54) is 42.2 Å². The molecule has 0 amide bonds. The minimum absolute atomic E-state index is 0.733. The molecule has 3 rings (SSSR count). The number of thiophene rings is 1. The predicted molar refractivity (Wildman–Crippen MR) is 82.7 cm³/mol. The smallest absolute Gasteiger partial charge is 0.0332 e. The molecule has 1 aromatic rings. The summed E-state index contributed by atoms with van der Waals surface area (Å²) >= 11 is 1.97. The van der Waals surface area contributed by atoms with E-state index in [9.17, 15) is 0 Å². The summed E-state index contributed by atoms with van der Waals surface area (Å²) in [5, 5.41) is 0. The molecule has 106 valence electrons. The Morgan fingerprint density at radius 1 is 1.32 bits per heavy atom. The molecule has 3 heterocycles. The Labute approximate surface area is 121 Å². The number of rotatable bonds is 3. The van der Waals surface area contributed by atoms with Gasteiger partial charge in [-0.25, -0.2) is 0 Å². The van der Waals surface area contributed by atoms with Crippen molar-refractivity contribution in [1.29, 1.82) is 0 Å². The lowest BCUT2D eigenvalue weighted by Crippen LogP contribution is -2.57. The van der Waals surface area contributed by atoms with Crippen molar-refractivity contribution in [2.45, 2.75) is 52.2 Å². The van der Waals surface area contributed by atoms with E-state index in [0.717, 1.165) is 24.5 Å². The number of aryl methyl sites for hydroxylation is 1. The molecule has 0 aliphatic carbocycles. The molecule has 2 nitrogen and oxygen atoms in total. The SMILES string of the molecule is Cc1ccc(CN2CC3CCCN3CC2C(C)C)s1. The molecule has 2 atom stereocenters. The van der Waals surface area contributed by atoms with Gasteiger partial charge in [0, 0.05) is 41.5 Å². The highest BCUT2D eigenvalue weighted by Crippen LogP contribution is 2.29. The Hall–Kier alpha value is -0.380. The van der Waals surface area contributed by atoms with Crippen LogP contribution in [0, 0.1) is 12.8 Å². The summed E-state index contributed by atoms with van der Waals surface area (Å²) in [4.78, 5) is 8.47. The molecule has 2 aliphatic heterocycles. The van der Waals surface area contributed by atoms with Crippen LogP contribution in [0.3, 0.4) is 0 Å². The van der Waals surface area contributed by atoms with Crippen molar-refractivity contribution in [3.05, 3.63) is 21.9 Å². The van der Waals surface area contributed by atoms with E-state index in [2.05, 4.69) is 42.7 Å². The summed E-state index contributed by atoms with van der Waals surface area (Å²) in [5.74, 6) is 0.752. The molecule has 2 fully saturated rings. The van der Waals surface area contributed by atoms with Gasteiger partial charge >= 0.3 is 0 Å². The van der Waals surface area contributed by atoms with Crippen LogP contribution in [0.25, 0.3) is 0 Å². The van der Waals surface area contributed by atoms with Gasteiger partial charge < -0.3 is 0 Å². The van der Waals surface area contributed by atoms with Crippen LogP contribution in [0.15, 0.2) is 12.1 Å². The van der Waals surface area contributed by atoms with Crippen LogP contribution < -0.4 is 0 Å². The molecule has 0 saturated carbocycles. The van der Waals surface area contributed by atoms with Gasteiger partial charge in [-0.2, -0.15) is 0 Å². The highest BCUT2D eigenvalue weighted by molar-refractivity contribution is 7.11. The van der Waals surface area contributed by atoms with E-state index in [-0.39, 0.29) is 0 Å². The maximum absolute atomic E-state index is 2.75. The van der Waals surface area contributed by atoms with Crippen LogP contribution in [0.4, 0.5) is 0 Å². The first-order valence-electron chi connectivity index (χ1n) is 7.67. The largest absolute Gasteiger partial charge is 0.298 e. The van der Waals surface area contributed by atoms with E-state index >= 15 is 0 Å². The van der Waals surface area contributed by atoms with Crippen LogP contribution in [0.5, 0.6) is 0 Å². The topological polar surface area (TPSA) is 6.48 Å². The lowest BCUT2D eigenvalue weighted by atomic mass is 9.97. The highest BCUT2D eigenvalue weighted by Gasteiger charge is 2.37. The number of piperazine rings is 1. The van der Waals surface area contributed by atoms with Gasteiger partial charge in [0.1, 0.15) is 0 Å². The fourth-order valence-corrected chi connectivity index (χ4v) is 4.60. The molecule has 0 spiro atoms. The second kappa shape index (κ2) is 5.55. The maximum Gasteiger partial charge on any atom is 0.0332 e. The van der Waals surface area contributed by atoms with E-state index < -0.39 is 0 Å². The van der Waals surface area contributed by atoms with E-state index in [4.69, 9.17) is 0 Å². The quantitative estimate of drug-likeness (QED) is 0.836. The first-order chi connectivity index (χ1) is 9.13. The van der Waals surface area contributed by atoms with Crippen LogP contribution >= 0.6 is 11.3 Å². The highest BCUT2D eigenvalue weighted by atomic mass is 32.1. The van der Waals surface area contributed by atoms with Gasteiger partial charge in [0.15, 0.2) is 0 Å². The molecule has 3 heteroatoms. The number of hydrogen-bond donors (Lipinski definition) is 0. The van der Waals surface area contributed by atoms with Crippen molar-refractivity contribution in [2.24, 2.45) is 5.92 Å². The van der Waals surface area contributed by atoms with Gasteiger partial charge in [-0.3, -0.25) is 9.80 Å². The number of nitrogens with zero attached hydrogens (tertiary/aromatic N) is 2. The zero-order chi connectivity index (χ0) is 13.4. The molecule has 0 bridgehead atoms. The predicted octanol–water partition coefficient (Wildman–Crippen LogP) is 3.36. The van der Waals surface area contributed by atoms with Crippen LogP contribution in [-0.4, -0.2) is 41.5 Å². The summed E-state index contributed by atoms with van der Waals surface area (Å²) < 4.78 is 0.